The Morgan fingerprint density at radius 1 is 1.33 bits per heavy atom. The summed E-state index contributed by atoms with van der Waals surface area (Å²) in [5.74, 6) is 1.16. The van der Waals surface area contributed by atoms with Gasteiger partial charge in [-0.2, -0.15) is 0 Å². The minimum absolute atomic E-state index is 0.0204. The number of thioether (sulfide) groups is 1. The molecule has 2 aromatic rings. The van der Waals surface area contributed by atoms with Crippen molar-refractivity contribution in [3.05, 3.63) is 48.4 Å². The summed E-state index contributed by atoms with van der Waals surface area (Å²) in [7, 11) is 0. The maximum Gasteiger partial charge on any atom is 0.234 e. The molecule has 4 nitrogen and oxygen atoms in total. The number of hydrogen-bond acceptors (Lipinski definition) is 4. The number of amides is 1. The van der Waals surface area contributed by atoms with Crippen LogP contribution in [0.15, 0.2) is 47.8 Å². The second-order valence-electron chi connectivity index (χ2n) is 3.98. The van der Waals surface area contributed by atoms with Crippen molar-refractivity contribution in [1.82, 2.24) is 9.97 Å². The third-order valence-corrected chi connectivity index (χ3v) is 4.01. The number of fused-ring (bicyclic) bond motifs is 1. The summed E-state index contributed by atoms with van der Waals surface area (Å²) in [6, 6.07) is 8.02. The fourth-order valence-electron chi connectivity index (χ4n) is 1.96. The van der Waals surface area contributed by atoms with Gasteiger partial charge < -0.3 is 5.32 Å². The number of nitrogens with one attached hydrogen (secondary N) is 1. The average molecular weight is 257 g/mol. The molecule has 1 aromatic carbocycles. The third-order valence-electron chi connectivity index (χ3n) is 2.83. The minimum Gasteiger partial charge on any atom is -0.309 e. The highest BCUT2D eigenvalue weighted by Gasteiger charge is 2.29. The first-order valence-electron chi connectivity index (χ1n) is 5.63. The Bertz CT molecular complexity index is 573. The summed E-state index contributed by atoms with van der Waals surface area (Å²) in [5.41, 5.74) is 1.10. The normalized spacial score (nSPS) is 17.2. The molecule has 0 fully saturated rings. The lowest BCUT2D eigenvalue weighted by Gasteiger charge is -2.10. The maximum atomic E-state index is 12.2. The molecule has 2 heterocycles. The van der Waals surface area contributed by atoms with E-state index in [1.54, 1.807) is 30.4 Å². The summed E-state index contributed by atoms with van der Waals surface area (Å²) in [4.78, 5) is 21.3. The number of carbonyl (C=O) groups excluding carboxylic acids is 1. The second kappa shape index (κ2) is 4.78. The van der Waals surface area contributed by atoms with Gasteiger partial charge >= 0.3 is 0 Å². The van der Waals surface area contributed by atoms with Gasteiger partial charge in [-0.05, 0) is 11.6 Å². The quantitative estimate of drug-likeness (QED) is 0.897. The standard InChI is InChI=1S/C13H11N3OS/c17-13(16-12-7-14-5-6-15-12)10-8-18-11-4-2-1-3-9(10)11/h1-7,10H,8H2,(H,15,16,17). The number of carbonyl (C=O) groups is 1. The smallest absolute Gasteiger partial charge is 0.234 e. The molecule has 18 heavy (non-hydrogen) atoms. The van der Waals surface area contributed by atoms with E-state index >= 15 is 0 Å². The highest BCUT2D eigenvalue weighted by Crippen LogP contribution is 2.39. The van der Waals surface area contributed by atoms with Crippen LogP contribution in [0.25, 0.3) is 0 Å². The molecule has 0 spiro atoms. The van der Waals surface area contributed by atoms with Crippen molar-refractivity contribution in [2.45, 2.75) is 10.8 Å². The molecule has 0 bridgehead atoms. The fraction of sp³-hybridized carbons (Fsp3) is 0.154. The molecule has 1 atom stereocenters. The van der Waals surface area contributed by atoms with E-state index < -0.39 is 0 Å². The van der Waals surface area contributed by atoms with Crippen LogP contribution in [0.3, 0.4) is 0 Å². The van der Waals surface area contributed by atoms with Crippen molar-refractivity contribution < 1.29 is 4.79 Å². The Morgan fingerprint density at radius 2 is 2.22 bits per heavy atom. The van der Waals surface area contributed by atoms with Gasteiger partial charge in [0.1, 0.15) is 0 Å². The van der Waals surface area contributed by atoms with Gasteiger partial charge in [0, 0.05) is 23.0 Å². The summed E-state index contributed by atoms with van der Waals surface area (Å²) in [5, 5.41) is 2.80. The molecule has 0 aliphatic carbocycles. The highest BCUT2D eigenvalue weighted by atomic mass is 32.2. The van der Waals surface area contributed by atoms with E-state index in [-0.39, 0.29) is 11.8 Å². The zero-order valence-electron chi connectivity index (χ0n) is 9.54. The van der Waals surface area contributed by atoms with Gasteiger partial charge in [0.05, 0.1) is 12.1 Å². The first-order valence-corrected chi connectivity index (χ1v) is 6.62. The Labute approximate surface area is 109 Å². The SMILES string of the molecule is O=C(Nc1cnccn1)C1CSc2ccccc21. The number of anilines is 1. The zero-order chi connectivity index (χ0) is 12.4. The van der Waals surface area contributed by atoms with Gasteiger partial charge in [0.15, 0.2) is 5.82 Å². The van der Waals surface area contributed by atoms with E-state index in [9.17, 15) is 4.79 Å². The van der Waals surface area contributed by atoms with Crippen LogP contribution in [-0.4, -0.2) is 21.6 Å². The van der Waals surface area contributed by atoms with Crippen LogP contribution in [0.5, 0.6) is 0 Å². The third kappa shape index (κ3) is 2.09. The number of nitrogens with zero attached hydrogens (tertiary/aromatic N) is 2. The first-order chi connectivity index (χ1) is 8.84. The van der Waals surface area contributed by atoms with Gasteiger partial charge in [0.2, 0.25) is 5.91 Å². The van der Waals surface area contributed by atoms with Crippen LogP contribution in [0.1, 0.15) is 11.5 Å². The first kappa shape index (κ1) is 11.2. The summed E-state index contributed by atoms with van der Waals surface area (Å²) < 4.78 is 0. The molecule has 1 aromatic heterocycles. The summed E-state index contributed by atoms with van der Waals surface area (Å²) >= 11 is 1.72. The lowest BCUT2D eigenvalue weighted by Crippen LogP contribution is -2.21. The zero-order valence-corrected chi connectivity index (χ0v) is 10.4. The Hall–Kier alpha value is -1.88. The van der Waals surface area contributed by atoms with Crippen LogP contribution in [0.2, 0.25) is 0 Å². The van der Waals surface area contributed by atoms with E-state index in [1.165, 1.54) is 4.90 Å². The number of benzene rings is 1. The van der Waals surface area contributed by atoms with Gasteiger partial charge in [-0.3, -0.25) is 9.78 Å². The topological polar surface area (TPSA) is 54.9 Å². The highest BCUT2D eigenvalue weighted by molar-refractivity contribution is 7.99. The largest absolute Gasteiger partial charge is 0.309 e. The predicted octanol–water partition coefficient (Wildman–Crippen LogP) is 2.30. The van der Waals surface area contributed by atoms with Crippen molar-refractivity contribution in [1.29, 1.82) is 0 Å². The second-order valence-corrected chi connectivity index (χ2v) is 5.04. The van der Waals surface area contributed by atoms with Crippen molar-refractivity contribution in [2.75, 3.05) is 11.1 Å². The molecule has 90 valence electrons. The van der Waals surface area contributed by atoms with E-state index in [2.05, 4.69) is 21.4 Å². The molecular weight excluding hydrogens is 246 g/mol. The van der Waals surface area contributed by atoms with Crippen LogP contribution >= 0.6 is 11.8 Å². The van der Waals surface area contributed by atoms with Crippen LogP contribution in [0.4, 0.5) is 5.82 Å². The van der Waals surface area contributed by atoms with Crippen LogP contribution in [-0.2, 0) is 4.79 Å². The monoisotopic (exact) mass is 257 g/mol. The van der Waals surface area contributed by atoms with Gasteiger partial charge in [-0.1, -0.05) is 18.2 Å². The van der Waals surface area contributed by atoms with Crippen molar-refractivity contribution in [3.8, 4) is 0 Å². The lowest BCUT2D eigenvalue weighted by molar-refractivity contribution is -0.117. The van der Waals surface area contributed by atoms with Crippen molar-refractivity contribution >= 4 is 23.5 Å². The Balaban J connectivity index is 1.79. The fourth-order valence-corrected chi connectivity index (χ4v) is 3.19. The molecular formula is C13H11N3OS. The van der Waals surface area contributed by atoms with Crippen molar-refractivity contribution in [3.63, 3.8) is 0 Å². The molecule has 1 amide bonds. The van der Waals surface area contributed by atoms with Crippen molar-refractivity contribution in [2.24, 2.45) is 0 Å². The molecule has 1 N–H and O–H groups in total. The van der Waals surface area contributed by atoms with Gasteiger partial charge in [-0.15, -0.1) is 11.8 Å². The van der Waals surface area contributed by atoms with Gasteiger partial charge in [0.25, 0.3) is 0 Å². The van der Waals surface area contributed by atoms with E-state index in [0.717, 1.165) is 11.3 Å². The molecule has 5 heteroatoms. The molecule has 0 saturated carbocycles. The molecule has 0 radical (unpaired) electrons. The van der Waals surface area contributed by atoms with Crippen LogP contribution in [0, 0.1) is 0 Å². The summed E-state index contributed by atoms with van der Waals surface area (Å²) in [6.07, 6.45) is 4.69. The minimum atomic E-state index is -0.104. The average Bonchev–Trinajstić information content (AvgIpc) is 2.84. The predicted molar refractivity (Wildman–Crippen MR) is 70.6 cm³/mol. The van der Waals surface area contributed by atoms with E-state index in [0.29, 0.717) is 5.82 Å². The molecule has 1 aliphatic rings. The number of hydrogen-bond donors (Lipinski definition) is 1. The maximum absolute atomic E-state index is 12.2. The number of rotatable bonds is 2. The summed E-state index contributed by atoms with van der Waals surface area (Å²) in [6.45, 7) is 0. The van der Waals surface area contributed by atoms with E-state index in [1.807, 2.05) is 18.2 Å². The molecule has 0 saturated heterocycles. The number of aromatic nitrogens is 2. The van der Waals surface area contributed by atoms with Gasteiger partial charge in [-0.25, -0.2) is 4.98 Å². The lowest BCUT2D eigenvalue weighted by atomic mass is 10.0. The molecule has 3 rings (SSSR count). The van der Waals surface area contributed by atoms with Crippen LogP contribution < -0.4 is 5.32 Å². The Kier molecular flexibility index (Phi) is 2.98. The Morgan fingerprint density at radius 3 is 3.06 bits per heavy atom. The van der Waals surface area contributed by atoms with E-state index in [4.69, 9.17) is 0 Å². The molecule has 1 unspecified atom stereocenters. The molecule has 1 aliphatic heterocycles.